The molecule has 0 aliphatic heterocycles. The molecule has 0 amide bonds. The fraction of sp³-hybridized carbons (Fsp3) is 1.00. The maximum atomic E-state index is 5.70. The van der Waals surface area contributed by atoms with Crippen LogP contribution in [0.25, 0.3) is 0 Å². The minimum atomic E-state index is 0.582. The maximum absolute atomic E-state index is 5.70. The van der Waals surface area contributed by atoms with Crippen LogP contribution in [-0.2, 0) is 9.47 Å². The van der Waals surface area contributed by atoms with Gasteiger partial charge in [-0.3, -0.25) is 4.90 Å². The molecule has 1 unspecified atom stereocenters. The maximum Gasteiger partial charge on any atom is 0.0589 e. The highest BCUT2D eigenvalue weighted by Gasteiger charge is 2.10. The number of hydrogen-bond acceptors (Lipinski definition) is 4. The van der Waals surface area contributed by atoms with Gasteiger partial charge in [0.05, 0.1) is 13.2 Å². The summed E-state index contributed by atoms with van der Waals surface area (Å²) >= 11 is 0. The molecule has 0 fully saturated rings. The molecule has 0 rings (SSSR count). The predicted octanol–water partition coefficient (Wildman–Crippen LogP) is 0.566. The number of ether oxygens (including phenoxy) is 2. The monoisotopic (exact) mass is 218 g/mol. The van der Waals surface area contributed by atoms with Crippen LogP contribution in [0.3, 0.4) is 0 Å². The van der Waals surface area contributed by atoms with Gasteiger partial charge >= 0.3 is 0 Å². The van der Waals surface area contributed by atoms with E-state index in [-0.39, 0.29) is 0 Å². The first-order valence-electron chi connectivity index (χ1n) is 5.68. The molecule has 0 aliphatic rings. The number of hydrogen-bond donors (Lipinski definition) is 1. The van der Waals surface area contributed by atoms with Crippen molar-refractivity contribution in [2.75, 3.05) is 53.6 Å². The normalized spacial score (nSPS) is 13.4. The molecule has 15 heavy (non-hydrogen) atoms. The summed E-state index contributed by atoms with van der Waals surface area (Å²) < 4.78 is 10.2. The topological polar surface area (TPSA) is 47.7 Å². The third kappa shape index (κ3) is 7.73. The van der Waals surface area contributed by atoms with Gasteiger partial charge in [0.25, 0.3) is 0 Å². The number of nitrogens with two attached hydrogens (primary N) is 1. The van der Waals surface area contributed by atoms with Crippen molar-refractivity contribution in [2.45, 2.75) is 13.3 Å². The lowest BCUT2D eigenvalue weighted by Gasteiger charge is -2.25. The second-order valence-corrected chi connectivity index (χ2v) is 3.80. The fourth-order valence-corrected chi connectivity index (χ4v) is 1.47. The van der Waals surface area contributed by atoms with Crippen molar-refractivity contribution < 1.29 is 9.47 Å². The van der Waals surface area contributed by atoms with Crippen LogP contribution in [-0.4, -0.2) is 58.5 Å². The summed E-state index contributed by atoms with van der Waals surface area (Å²) in [5.41, 5.74) is 5.70. The average Bonchev–Trinajstić information content (AvgIpc) is 2.28. The average molecular weight is 218 g/mol. The van der Waals surface area contributed by atoms with Crippen LogP contribution in [0, 0.1) is 5.92 Å². The van der Waals surface area contributed by atoms with Crippen LogP contribution in [0.4, 0.5) is 0 Å². The zero-order valence-electron chi connectivity index (χ0n) is 10.4. The van der Waals surface area contributed by atoms with E-state index >= 15 is 0 Å². The largest absolute Gasteiger partial charge is 0.383 e. The molecule has 2 N–H and O–H groups in total. The van der Waals surface area contributed by atoms with Gasteiger partial charge in [-0.2, -0.15) is 0 Å². The molecule has 4 heteroatoms. The summed E-state index contributed by atoms with van der Waals surface area (Å²) in [6.07, 6.45) is 1.13. The zero-order chi connectivity index (χ0) is 11.5. The van der Waals surface area contributed by atoms with E-state index in [0.717, 1.165) is 45.8 Å². The van der Waals surface area contributed by atoms with Crippen LogP contribution in [0.2, 0.25) is 0 Å². The van der Waals surface area contributed by atoms with Crippen molar-refractivity contribution in [2.24, 2.45) is 11.7 Å². The lowest BCUT2D eigenvalue weighted by molar-refractivity contribution is 0.104. The molecular weight excluding hydrogens is 192 g/mol. The van der Waals surface area contributed by atoms with E-state index in [4.69, 9.17) is 15.2 Å². The summed E-state index contributed by atoms with van der Waals surface area (Å²) in [7, 11) is 3.46. The smallest absolute Gasteiger partial charge is 0.0589 e. The zero-order valence-corrected chi connectivity index (χ0v) is 10.4. The fourth-order valence-electron chi connectivity index (χ4n) is 1.47. The molecular formula is C11H26N2O2. The van der Waals surface area contributed by atoms with E-state index in [1.54, 1.807) is 14.2 Å². The molecule has 0 aromatic heterocycles. The number of methoxy groups -OCH3 is 2. The standard InChI is InChI=1S/C11H26N2O2/c1-4-11(9-12)10-13(5-7-14-2)6-8-15-3/h11H,4-10,12H2,1-3H3. The molecule has 0 aromatic carbocycles. The Bertz CT molecular complexity index is 122. The van der Waals surface area contributed by atoms with Gasteiger partial charge in [0.15, 0.2) is 0 Å². The van der Waals surface area contributed by atoms with Crippen LogP contribution in [0.15, 0.2) is 0 Å². The third-order valence-electron chi connectivity index (χ3n) is 2.65. The molecule has 92 valence electrons. The Labute approximate surface area is 93.7 Å². The lowest BCUT2D eigenvalue weighted by atomic mass is 10.1. The van der Waals surface area contributed by atoms with Crippen LogP contribution in [0.1, 0.15) is 13.3 Å². The summed E-state index contributed by atoms with van der Waals surface area (Å²) in [4.78, 5) is 2.36. The van der Waals surface area contributed by atoms with Crippen LogP contribution >= 0.6 is 0 Å². The summed E-state index contributed by atoms with van der Waals surface area (Å²) in [5, 5.41) is 0. The molecule has 0 bridgehead atoms. The van der Waals surface area contributed by atoms with Gasteiger partial charge in [-0.1, -0.05) is 13.3 Å². The van der Waals surface area contributed by atoms with Crippen molar-refractivity contribution in [1.82, 2.24) is 4.90 Å². The first kappa shape index (κ1) is 14.8. The van der Waals surface area contributed by atoms with E-state index in [1.165, 1.54) is 0 Å². The van der Waals surface area contributed by atoms with Gasteiger partial charge in [0, 0.05) is 33.9 Å². The predicted molar refractivity (Wildman–Crippen MR) is 63.0 cm³/mol. The second kappa shape index (κ2) is 10.4. The van der Waals surface area contributed by atoms with Gasteiger partial charge in [-0.15, -0.1) is 0 Å². The van der Waals surface area contributed by atoms with E-state index in [0.29, 0.717) is 5.92 Å². The first-order valence-corrected chi connectivity index (χ1v) is 5.68. The SMILES string of the molecule is CCC(CN)CN(CCOC)CCOC. The van der Waals surface area contributed by atoms with Gasteiger partial charge in [-0.25, -0.2) is 0 Å². The molecule has 0 radical (unpaired) electrons. The van der Waals surface area contributed by atoms with E-state index in [2.05, 4.69) is 11.8 Å². The highest BCUT2D eigenvalue weighted by Crippen LogP contribution is 2.03. The molecule has 0 saturated heterocycles. The molecule has 1 atom stereocenters. The summed E-state index contributed by atoms with van der Waals surface area (Å²) in [6.45, 7) is 7.43. The van der Waals surface area contributed by atoms with Crippen LogP contribution in [0.5, 0.6) is 0 Å². The van der Waals surface area contributed by atoms with E-state index in [1.807, 2.05) is 0 Å². The van der Waals surface area contributed by atoms with Crippen molar-refractivity contribution in [3.8, 4) is 0 Å². The van der Waals surface area contributed by atoms with E-state index < -0.39 is 0 Å². The Kier molecular flexibility index (Phi) is 10.3. The molecule has 0 aliphatic carbocycles. The Hall–Kier alpha value is -0.160. The highest BCUT2D eigenvalue weighted by molar-refractivity contribution is 4.65. The summed E-state index contributed by atoms with van der Waals surface area (Å²) in [6, 6.07) is 0. The van der Waals surface area contributed by atoms with Gasteiger partial charge < -0.3 is 15.2 Å². The Balaban J connectivity index is 3.86. The first-order chi connectivity index (χ1) is 7.28. The van der Waals surface area contributed by atoms with Gasteiger partial charge in [-0.05, 0) is 12.5 Å². The third-order valence-corrected chi connectivity index (χ3v) is 2.65. The molecule has 0 heterocycles. The molecule has 0 spiro atoms. The van der Waals surface area contributed by atoms with Gasteiger partial charge in [0.1, 0.15) is 0 Å². The lowest BCUT2D eigenvalue weighted by Crippen LogP contribution is -2.37. The second-order valence-electron chi connectivity index (χ2n) is 3.80. The van der Waals surface area contributed by atoms with Crippen LogP contribution < -0.4 is 5.73 Å². The molecule has 0 aromatic rings. The van der Waals surface area contributed by atoms with Crippen molar-refractivity contribution in [3.05, 3.63) is 0 Å². The van der Waals surface area contributed by atoms with Crippen molar-refractivity contribution in [3.63, 3.8) is 0 Å². The Morgan fingerprint density at radius 1 is 1.13 bits per heavy atom. The number of nitrogens with zero attached hydrogens (tertiary/aromatic N) is 1. The van der Waals surface area contributed by atoms with E-state index in [9.17, 15) is 0 Å². The Morgan fingerprint density at radius 3 is 2.00 bits per heavy atom. The quantitative estimate of drug-likeness (QED) is 0.582. The number of rotatable bonds is 10. The summed E-state index contributed by atoms with van der Waals surface area (Å²) in [5.74, 6) is 0.582. The van der Waals surface area contributed by atoms with Crippen molar-refractivity contribution >= 4 is 0 Å². The Morgan fingerprint density at radius 2 is 1.67 bits per heavy atom. The van der Waals surface area contributed by atoms with Crippen molar-refractivity contribution in [1.29, 1.82) is 0 Å². The molecule has 4 nitrogen and oxygen atoms in total. The minimum Gasteiger partial charge on any atom is -0.383 e. The highest BCUT2D eigenvalue weighted by atomic mass is 16.5. The van der Waals surface area contributed by atoms with Gasteiger partial charge in [0.2, 0.25) is 0 Å². The molecule has 0 saturated carbocycles. The minimum absolute atomic E-state index is 0.582.